The second-order valence-electron chi connectivity index (χ2n) is 4.63. The first kappa shape index (κ1) is 11.1. The number of hydrogen-bond donors (Lipinski definition) is 2. The third kappa shape index (κ3) is 2.42. The average Bonchev–Trinajstić information content (AvgIpc) is 2.31. The van der Waals surface area contributed by atoms with Crippen molar-refractivity contribution in [3.63, 3.8) is 0 Å². The Labute approximate surface area is 96.2 Å². The Morgan fingerprint density at radius 3 is 2.50 bits per heavy atom. The van der Waals surface area contributed by atoms with Gasteiger partial charge in [0.15, 0.2) is 0 Å². The summed E-state index contributed by atoms with van der Waals surface area (Å²) < 4.78 is 0. The molecule has 1 heterocycles. The smallest absolute Gasteiger partial charge is 0.230 e. The lowest BCUT2D eigenvalue weighted by atomic mass is 9.80. The van der Waals surface area contributed by atoms with Crippen molar-refractivity contribution in [1.29, 1.82) is 0 Å². The molecule has 0 aliphatic carbocycles. The number of carbonyl (C=O) groups excluding carboxylic acids is 1. The first-order valence-electron chi connectivity index (χ1n) is 5.78. The number of carbonyl (C=O) groups is 1. The minimum Gasteiger partial charge on any atom is -0.326 e. The van der Waals surface area contributed by atoms with Crippen molar-refractivity contribution in [3.05, 3.63) is 30.3 Å². The van der Waals surface area contributed by atoms with E-state index in [1.165, 1.54) is 0 Å². The molecular weight excluding hydrogens is 200 g/mol. The molecular formula is C13H18N2O. The normalized spacial score (nSPS) is 19.1. The predicted molar refractivity (Wildman–Crippen MR) is 65.3 cm³/mol. The fraction of sp³-hybridized carbons (Fsp3) is 0.462. The Balaban J connectivity index is 2.02. The van der Waals surface area contributed by atoms with Crippen molar-refractivity contribution in [2.75, 3.05) is 18.4 Å². The third-order valence-electron chi connectivity index (χ3n) is 3.29. The molecule has 0 aromatic heterocycles. The molecule has 1 fully saturated rings. The van der Waals surface area contributed by atoms with E-state index in [-0.39, 0.29) is 11.3 Å². The summed E-state index contributed by atoms with van der Waals surface area (Å²) in [5.74, 6) is 0.139. The SMILES string of the molecule is CC1(C(=O)Nc2ccccc2)CCNCC1. The summed E-state index contributed by atoms with van der Waals surface area (Å²) in [5, 5.41) is 6.26. The Kier molecular flexibility index (Phi) is 3.25. The van der Waals surface area contributed by atoms with Crippen LogP contribution >= 0.6 is 0 Å². The number of hydrogen-bond acceptors (Lipinski definition) is 2. The van der Waals surface area contributed by atoms with Crippen LogP contribution in [0.5, 0.6) is 0 Å². The van der Waals surface area contributed by atoms with Crippen LogP contribution in [0.15, 0.2) is 30.3 Å². The van der Waals surface area contributed by atoms with Gasteiger partial charge in [-0.2, -0.15) is 0 Å². The zero-order valence-corrected chi connectivity index (χ0v) is 9.62. The highest BCUT2D eigenvalue weighted by Gasteiger charge is 2.34. The molecule has 1 aromatic carbocycles. The number of piperidine rings is 1. The van der Waals surface area contributed by atoms with Crippen molar-refractivity contribution >= 4 is 11.6 Å². The molecule has 1 saturated heterocycles. The number of nitrogens with one attached hydrogen (secondary N) is 2. The van der Waals surface area contributed by atoms with Crippen molar-refractivity contribution in [2.45, 2.75) is 19.8 Å². The van der Waals surface area contributed by atoms with Crippen molar-refractivity contribution in [2.24, 2.45) is 5.41 Å². The lowest BCUT2D eigenvalue weighted by molar-refractivity contribution is -0.126. The number of rotatable bonds is 2. The Bertz CT molecular complexity index is 355. The molecule has 0 bridgehead atoms. The molecule has 0 unspecified atom stereocenters. The maximum Gasteiger partial charge on any atom is 0.230 e. The van der Waals surface area contributed by atoms with Crippen molar-refractivity contribution in [3.8, 4) is 0 Å². The van der Waals surface area contributed by atoms with E-state index in [1.54, 1.807) is 0 Å². The van der Waals surface area contributed by atoms with Gasteiger partial charge in [0.2, 0.25) is 5.91 Å². The molecule has 1 aliphatic heterocycles. The van der Waals surface area contributed by atoms with Gasteiger partial charge < -0.3 is 10.6 Å². The average molecular weight is 218 g/mol. The van der Waals surface area contributed by atoms with Crippen LogP contribution in [0.2, 0.25) is 0 Å². The van der Waals surface area contributed by atoms with E-state index < -0.39 is 0 Å². The van der Waals surface area contributed by atoms with Crippen LogP contribution in [0.3, 0.4) is 0 Å². The molecule has 0 atom stereocenters. The Morgan fingerprint density at radius 1 is 1.25 bits per heavy atom. The molecule has 1 amide bonds. The highest BCUT2D eigenvalue weighted by atomic mass is 16.2. The molecule has 0 radical (unpaired) electrons. The number of para-hydroxylation sites is 1. The number of anilines is 1. The number of amides is 1. The molecule has 1 aromatic rings. The van der Waals surface area contributed by atoms with E-state index >= 15 is 0 Å². The zero-order valence-electron chi connectivity index (χ0n) is 9.62. The summed E-state index contributed by atoms with van der Waals surface area (Å²) in [7, 11) is 0. The molecule has 0 saturated carbocycles. The highest BCUT2D eigenvalue weighted by molar-refractivity contribution is 5.95. The van der Waals surface area contributed by atoms with E-state index in [0.29, 0.717) is 0 Å². The molecule has 0 spiro atoms. The van der Waals surface area contributed by atoms with Crippen LogP contribution in [-0.4, -0.2) is 19.0 Å². The summed E-state index contributed by atoms with van der Waals surface area (Å²) in [5.41, 5.74) is 0.661. The topological polar surface area (TPSA) is 41.1 Å². The molecule has 1 aliphatic rings. The van der Waals surface area contributed by atoms with E-state index in [9.17, 15) is 4.79 Å². The van der Waals surface area contributed by atoms with Gasteiger partial charge in [0.05, 0.1) is 0 Å². The largest absolute Gasteiger partial charge is 0.326 e. The van der Waals surface area contributed by atoms with Crippen molar-refractivity contribution < 1.29 is 4.79 Å². The zero-order chi connectivity index (χ0) is 11.4. The van der Waals surface area contributed by atoms with Crippen LogP contribution in [0, 0.1) is 5.41 Å². The van der Waals surface area contributed by atoms with Gasteiger partial charge in [-0.25, -0.2) is 0 Å². The summed E-state index contributed by atoms with van der Waals surface area (Å²) >= 11 is 0. The lowest BCUT2D eigenvalue weighted by Gasteiger charge is -2.32. The lowest BCUT2D eigenvalue weighted by Crippen LogP contribution is -2.42. The molecule has 3 heteroatoms. The van der Waals surface area contributed by atoms with Crippen LogP contribution in [-0.2, 0) is 4.79 Å². The first-order valence-corrected chi connectivity index (χ1v) is 5.78. The van der Waals surface area contributed by atoms with Crippen molar-refractivity contribution in [1.82, 2.24) is 5.32 Å². The maximum atomic E-state index is 12.2. The van der Waals surface area contributed by atoms with E-state index in [1.807, 2.05) is 37.3 Å². The van der Waals surface area contributed by atoms with Crippen LogP contribution in [0.4, 0.5) is 5.69 Å². The predicted octanol–water partition coefficient (Wildman–Crippen LogP) is 2.01. The maximum absolute atomic E-state index is 12.2. The minimum atomic E-state index is -0.221. The second kappa shape index (κ2) is 4.66. The summed E-state index contributed by atoms with van der Waals surface area (Å²) in [4.78, 5) is 12.2. The molecule has 3 nitrogen and oxygen atoms in total. The van der Waals surface area contributed by atoms with E-state index in [0.717, 1.165) is 31.6 Å². The van der Waals surface area contributed by atoms with Gasteiger partial charge in [-0.1, -0.05) is 25.1 Å². The summed E-state index contributed by atoms with van der Waals surface area (Å²) in [6.45, 7) is 3.91. The summed E-state index contributed by atoms with van der Waals surface area (Å²) in [6, 6.07) is 9.65. The second-order valence-corrected chi connectivity index (χ2v) is 4.63. The molecule has 16 heavy (non-hydrogen) atoms. The van der Waals surface area contributed by atoms with Gasteiger partial charge in [0, 0.05) is 11.1 Å². The van der Waals surface area contributed by atoms with E-state index in [2.05, 4.69) is 10.6 Å². The Morgan fingerprint density at radius 2 is 1.88 bits per heavy atom. The monoisotopic (exact) mass is 218 g/mol. The first-order chi connectivity index (χ1) is 7.71. The highest BCUT2D eigenvalue weighted by Crippen LogP contribution is 2.29. The van der Waals surface area contributed by atoms with Gasteiger partial charge in [0.25, 0.3) is 0 Å². The van der Waals surface area contributed by atoms with Gasteiger partial charge in [0.1, 0.15) is 0 Å². The van der Waals surface area contributed by atoms with E-state index in [4.69, 9.17) is 0 Å². The minimum absolute atomic E-state index is 0.139. The van der Waals surface area contributed by atoms with Crippen LogP contribution in [0.1, 0.15) is 19.8 Å². The molecule has 2 N–H and O–H groups in total. The Hall–Kier alpha value is -1.35. The summed E-state index contributed by atoms with van der Waals surface area (Å²) in [6.07, 6.45) is 1.82. The fourth-order valence-electron chi connectivity index (χ4n) is 2.01. The fourth-order valence-corrected chi connectivity index (χ4v) is 2.01. The van der Waals surface area contributed by atoms with Crippen LogP contribution in [0.25, 0.3) is 0 Å². The van der Waals surface area contributed by atoms with Gasteiger partial charge in [-0.3, -0.25) is 4.79 Å². The van der Waals surface area contributed by atoms with Gasteiger partial charge in [-0.05, 0) is 38.1 Å². The van der Waals surface area contributed by atoms with Gasteiger partial charge in [-0.15, -0.1) is 0 Å². The quantitative estimate of drug-likeness (QED) is 0.797. The number of benzene rings is 1. The standard InChI is InChI=1S/C13H18N2O/c1-13(7-9-14-10-8-13)12(16)15-11-5-3-2-4-6-11/h2-6,14H,7-10H2,1H3,(H,15,16). The third-order valence-corrected chi connectivity index (χ3v) is 3.29. The molecule has 86 valence electrons. The molecule has 2 rings (SSSR count). The van der Waals surface area contributed by atoms with Gasteiger partial charge >= 0.3 is 0 Å². The van der Waals surface area contributed by atoms with Crippen LogP contribution < -0.4 is 10.6 Å².